The van der Waals surface area contributed by atoms with Crippen LogP contribution in [0.25, 0.3) is 0 Å². The Bertz CT molecular complexity index is 1140. The van der Waals surface area contributed by atoms with Crippen molar-refractivity contribution in [3.8, 4) is 0 Å². The van der Waals surface area contributed by atoms with Crippen LogP contribution >= 0.6 is 0 Å². The van der Waals surface area contributed by atoms with Crippen LogP contribution in [0, 0.1) is 0 Å². The number of amides is 2. The summed E-state index contributed by atoms with van der Waals surface area (Å²) in [6.45, 7) is 1.44. The van der Waals surface area contributed by atoms with E-state index >= 15 is 0 Å². The van der Waals surface area contributed by atoms with Gasteiger partial charge in [-0.15, -0.1) is 0 Å². The van der Waals surface area contributed by atoms with Crippen LogP contribution in [-0.4, -0.2) is 72.9 Å². The number of hydrogen-bond acceptors (Lipinski definition) is 6. The summed E-state index contributed by atoms with van der Waals surface area (Å²) in [6.07, 6.45) is -1.04. The summed E-state index contributed by atoms with van der Waals surface area (Å²) < 4.78 is 67.9. The molecule has 0 bridgehead atoms. The molecule has 4 rings (SSSR count). The first-order valence-electron chi connectivity index (χ1n) is 11.4. The van der Waals surface area contributed by atoms with E-state index in [-0.39, 0.29) is 35.9 Å². The number of likely N-dealkylation sites (tertiary alicyclic amines) is 2. The number of alkyl halides is 3. The molecule has 35 heavy (non-hydrogen) atoms. The van der Waals surface area contributed by atoms with Gasteiger partial charge in [0.05, 0.1) is 29.0 Å². The normalized spacial score (nSPS) is 22.4. The Labute approximate surface area is 201 Å². The van der Waals surface area contributed by atoms with Crippen molar-refractivity contribution in [2.75, 3.05) is 32.4 Å². The maximum Gasteiger partial charge on any atom is 0.416 e. The van der Waals surface area contributed by atoms with E-state index in [2.05, 4.69) is 4.98 Å². The first kappa shape index (κ1) is 25.5. The number of urea groups is 1. The molecule has 1 N–H and O–H groups in total. The van der Waals surface area contributed by atoms with Crippen molar-refractivity contribution >= 4 is 15.9 Å². The van der Waals surface area contributed by atoms with Crippen molar-refractivity contribution in [3.05, 3.63) is 53.2 Å². The fourth-order valence-corrected chi connectivity index (χ4v) is 5.39. The van der Waals surface area contributed by atoms with Gasteiger partial charge in [-0.2, -0.15) is 13.2 Å². The number of sulfone groups is 1. The summed E-state index contributed by atoms with van der Waals surface area (Å²) in [5.41, 5.74) is 0.186. The van der Waals surface area contributed by atoms with Crippen LogP contribution in [-0.2, 0) is 21.8 Å². The van der Waals surface area contributed by atoms with Crippen LogP contribution in [0.3, 0.4) is 0 Å². The maximum absolute atomic E-state index is 13.3. The molecule has 2 aliphatic rings. The van der Waals surface area contributed by atoms with Gasteiger partial charge in [0.15, 0.2) is 15.7 Å². The largest absolute Gasteiger partial charge is 0.448 e. The van der Waals surface area contributed by atoms with Gasteiger partial charge in [-0.1, -0.05) is 12.1 Å². The molecule has 2 aliphatic heterocycles. The molecule has 0 radical (unpaired) electrons. The van der Waals surface area contributed by atoms with Gasteiger partial charge < -0.3 is 19.3 Å². The topological polar surface area (TPSA) is 104 Å². The number of aliphatic hydroxyl groups is 1. The molecular formula is C23H28F3N3O5S. The van der Waals surface area contributed by atoms with Gasteiger partial charge in [0.1, 0.15) is 6.26 Å². The molecule has 192 valence electrons. The Morgan fingerprint density at radius 3 is 2.34 bits per heavy atom. The molecule has 2 saturated heterocycles. The average Bonchev–Trinajstić information content (AvgIpc) is 3.25. The van der Waals surface area contributed by atoms with E-state index in [1.165, 1.54) is 18.4 Å². The highest BCUT2D eigenvalue weighted by Crippen LogP contribution is 2.37. The second-order valence-corrected chi connectivity index (χ2v) is 11.5. The van der Waals surface area contributed by atoms with Crippen LogP contribution < -0.4 is 0 Å². The molecule has 2 atom stereocenters. The quantitative estimate of drug-likeness (QED) is 0.670. The number of aromatic nitrogens is 1. The van der Waals surface area contributed by atoms with Crippen LogP contribution in [0.5, 0.6) is 0 Å². The summed E-state index contributed by atoms with van der Waals surface area (Å²) in [7, 11) is -3.31. The third-order valence-electron chi connectivity index (χ3n) is 6.49. The van der Waals surface area contributed by atoms with Crippen LogP contribution in [0.4, 0.5) is 18.0 Å². The van der Waals surface area contributed by atoms with E-state index in [1.807, 2.05) is 0 Å². The molecule has 2 aromatic rings. The third kappa shape index (κ3) is 6.35. The molecule has 2 unspecified atom stereocenters. The third-order valence-corrected chi connectivity index (χ3v) is 7.31. The number of rotatable bonds is 4. The molecule has 0 spiro atoms. The molecule has 1 aromatic carbocycles. The molecule has 2 amide bonds. The van der Waals surface area contributed by atoms with Gasteiger partial charge in [-0.25, -0.2) is 18.2 Å². The van der Waals surface area contributed by atoms with Gasteiger partial charge in [-0.05, 0) is 37.0 Å². The summed E-state index contributed by atoms with van der Waals surface area (Å²) in [5, 5.41) is 9.77. The molecule has 8 nitrogen and oxygen atoms in total. The van der Waals surface area contributed by atoms with Gasteiger partial charge in [0, 0.05) is 38.4 Å². The van der Waals surface area contributed by atoms with Crippen molar-refractivity contribution in [1.82, 2.24) is 14.8 Å². The van der Waals surface area contributed by atoms with Crippen molar-refractivity contribution < 1.29 is 35.9 Å². The minimum absolute atomic E-state index is 0.207. The number of nitrogens with zero attached hydrogens (tertiary/aromatic N) is 3. The second kappa shape index (κ2) is 9.81. The number of piperidine rings is 2. The number of halogens is 3. The van der Waals surface area contributed by atoms with Gasteiger partial charge in [-0.3, -0.25) is 0 Å². The van der Waals surface area contributed by atoms with Crippen LogP contribution in [0.15, 0.2) is 34.9 Å². The number of carbonyl (C=O) groups excluding carboxylic acids is 1. The number of hydrogen-bond donors (Lipinski definition) is 1. The fraction of sp³-hybridized carbons (Fsp3) is 0.565. The predicted octanol–water partition coefficient (Wildman–Crippen LogP) is 3.39. The SMILES string of the molecule is CS(=O)(=O)Cc1coc(C2CC(c3ccc(C(F)(F)F)cc3)CN(C(=O)N3CCC(O)CC3)C2)n1. The Kier molecular flexibility index (Phi) is 7.14. The lowest BCUT2D eigenvalue weighted by Gasteiger charge is -2.41. The van der Waals surface area contributed by atoms with E-state index in [9.17, 15) is 31.5 Å². The Hall–Kier alpha value is -2.60. The van der Waals surface area contributed by atoms with Crippen molar-refractivity contribution in [3.63, 3.8) is 0 Å². The molecular weight excluding hydrogens is 487 g/mol. The zero-order chi connectivity index (χ0) is 25.4. The predicted molar refractivity (Wildman–Crippen MR) is 120 cm³/mol. The fourth-order valence-electron chi connectivity index (χ4n) is 4.72. The Balaban J connectivity index is 1.58. The first-order valence-corrected chi connectivity index (χ1v) is 13.5. The van der Waals surface area contributed by atoms with E-state index in [4.69, 9.17) is 4.42 Å². The molecule has 12 heteroatoms. The Morgan fingerprint density at radius 1 is 1.11 bits per heavy atom. The summed E-state index contributed by atoms with van der Waals surface area (Å²) in [4.78, 5) is 20.9. The zero-order valence-corrected chi connectivity index (χ0v) is 20.1. The lowest BCUT2D eigenvalue weighted by molar-refractivity contribution is -0.137. The van der Waals surface area contributed by atoms with Crippen LogP contribution in [0.1, 0.15) is 53.8 Å². The highest BCUT2D eigenvalue weighted by molar-refractivity contribution is 7.89. The monoisotopic (exact) mass is 515 g/mol. The minimum Gasteiger partial charge on any atom is -0.448 e. The molecule has 1 aromatic heterocycles. The summed E-state index contributed by atoms with van der Waals surface area (Å²) in [5.74, 6) is -0.596. The van der Waals surface area contributed by atoms with Gasteiger partial charge in [0.25, 0.3) is 0 Å². The summed E-state index contributed by atoms with van der Waals surface area (Å²) in [6, 6.07) is 4.72. The first-order chi connectivity index (χ1) is 16.4. The number of benzene rings is 1. The van der Waals surface area contributed by atoms with E-state index in [1.54, 1.807) is 9.80 Å². The lowest BCUT2D eigenvalue weighted by Crippen LogP contribution is -2.51. The zero-order valence-electron chi connectivity index (χ0n) is 19.2. The van der Waals surface area contributed by atoms with Crippen molar-refractivity contribution in [2.45, 2.75) is 49.1 Å². The van der Waals surface area contributed by atoms with Gasteiger partial charge in [0.2, 0.25) is 0 Å². The maximum atomic E-state index is 13.3. The summed E-state index contributed by atoms with van der Waals surface area (Å²) >= 11 is 0. The molecule has 2 fully saturated rings. The molecule has 0 aliphatic carbocycles. The minimum atomic E-state index is -4.44. The van der Waals surface area contributed by atoms with E-state index < -0.39 is 27.7 Å². The lowest BCUT2D eigenvalue weighted by atomic mass is 9.84. The standard InChI is InChI=1S/C23H28F3N3O5S/c1-35(32,33)14-19-13-34-21(27-19)17-10-16(15-2-4-18(5-3-15)23(24,25)26)11-29(12-17)22(31)28-8-6-20(30)7-9-28/h2-5,13,16-17,20,30H,6-12,14H2,1H3. The number of aliphatic hydroxyl groups excluding tert-OH is 1. The average molecular weight is 516 g/mol. The van der Waals surface area contributed by atoms with Crippen molar-refractivity contribution in [2.24, 2.45) is 0 Å². The second-order valence-electron chi connectivity index (χ2n) is 9.40. The van der Waals surface area contributed by atoms with E-state index in [0.29, 0.717) is 50.4 Å². The molecule has 3 heterocycles. The highest BCUT2D eigenvalue weighted by Gasteiger charge is 2.37. The van der Waals surface area contributed by atoms with Gasteiger partial charge >= 0.3 is 12.2 Å². The van der Waals surface area contributed by atoms with E-state index in [0.717, 1.165) is 18.4 Å². The smallest absolute Gasteiger partial charge is 0.416 e. The molecule has 0 saturated carbocycles. The highest BCUT2D eigenvalue weighted by atomic mass is 32.2. The number of carbonyl (C=O) groups is 1. The Morgan fingerprint density at radius 2 is 1.74 bits per heavy atom. The van der Waals surface area contributed by atoms with Crippen molar-refractivity contribution in [1.29, 1.82) is 0 Å². The number of oxazole rings is 1. The van der Waals surface area contributed by atoms with Crippen LogP contribution in [0.2, 0.25) is 0 Å².